The molecule has 1 aliphatic heterocycles. The van der Waals surface area contributed by atoms with E-state index in [0.29, 0.717) is 13.0 Å². The third-order valence-electron chi connectivity index (χ3n) is 3.95. The van der Waals surface area contributed by atoms with E-state index < -0.39 is 0 Å². The molecule has 0 radical (unpaired) electrons. The van der Waals surface area contributed by atoms with Gasteiger partial charge in [0.25, 0.3) is 0 Å². The molecule has 1 aliphatic rings. The second-order valence-corrected chi connectivity index (χ2v) is 5.44. The van der Waals surface area contributed by atoms with Crippen LogP contribution in [0.4, 0.5) is 4.39 Å². The first-order valence-corrected chi connectivity index (χ1v) is 7.23. The number of hydrogen-bond donors (Lipinski definition) is 1. The SMILES string of the molecule is O=C(NCCc1cccc(F)c1)C1CCn2cncc2C1. The molecular weight excluding hydrogens is 269 g/mol. The first-order valence-electron chi connectivity index (χ1n) is 7.23. The highest BCUT2D eigenvalue weighted by Crippen LogP contribution is 2.19. The summed E-state index contributed by atoms with van der Waals surface area (Å²) in [5, 5.41) is 2.95. The number of benzene rings is 1. The summed E-state index contributed by atoms with van der Waals surface area (Å²) in [5.41, 5.74) is 2.02. The van der Waals surface area contributed by atoms with Crippen LogP contribution in [0.1, 0.15) is 17.7 Å². The van der Waals surface area contributed by atoms with Crippen molar-refractivity contribution in [3.8, 4) is 0 Å². The molecule has 4 nitrogen and oxygen atoms in total. The lowest BCUT2D eigenvalue weighted by Gasteiger charge is -2.22. The van der Waals surface area contributed by atoms with E-state index in [-0.39, 0.29) is 17.6 Å². The number of hydrogen-bond acceptors (Lipinski definition) is 2. The second-order valence-electron chi connectivity index (χ2n) is 5.44. The number of amides is 1. The maximum absolute atomic E-state index is 13.1. The van der Waals surface area contributed by atoms with Gasteiger partial charge in [0.15, 0.2) is 0 Å². The van der Waals surface area contributed by atoms with Gasteiger partial charge >= 0.3 is 0 Å². The Morgan fingerprint density at radius 3 is 3.24 bits per heavy atom. The normalized spacial score (nSPS) is 17.3. The summed E-state index contributed by atoms with van der Waals surface area (Å²) in [6.07, 6.45) is 5.87. The predicted octanol–water partition coefficient (Wildman–Crippen LogP) is 1.94. The van der Waals surface area contributed by atoms with Crippen molar-refractivity contribution in [1.29, 1.82) is 0 Å². The molecule has 21 heavy (non-hydrogen) atoms. The van der Waals surface area contributed by atoms with Crippen LogP contribution < -0.4 is 5.32 Å². The molecule has 0 saturated carbocycles. The van der Waals surface area contributed by atoms with Crippen molar-refractivity contribution in [3.05, 3.63) is 53.9 Å². The van der Waals surface area contributed by atoms with Crippen molar-refractivity contribution in [1.82, 2.24) is 14.9 Å². The van der Waals surface area contributed by atoms with Gasteiger partial charge in [-0.25, -0.2) is 9.37 Å². The minimum absolute atomic E-state index is 0.0155. The van der Waals surface area contributed by atoms with Crippen LogP contribution in [0, 0.1) is 11.7 Å². The number of nitrogens with zero attached hydrogens (tertiary/aromatic N) is 2. The summed E-state index contributed by atoms with van der Waals surface area (Å²) >= 11 is 0. The Morgan fingerprint density at radius 2 is 2.38 bits per heavy atom. The third-order valence-corrected chi connectivity index (χ3v) is 3.95. The van der Waals surface area contributed by atoms with Crippen molar-refractivity contribution < 1.29 is 9.18 Å². The fourth-order valence-electron chi connectivity index (χ4n) is 2.76. The van der Waals surface area contributed by atoms with Gasteiger partial charge in [-0.3, -0.25) is 4.79 Å². The first-order chi connectivity index (χ1) is 10.2. The van der Waals surface area contributed by atoms with E-state index in [1.54, 1.807) is 6.07 Å². The van der Waals surface area contributed by atoms with Crippen molar-refractivity contribution in [2.24, 2.45) is 5.92 Å². The van der Waals surface area contributed by atoms with E-state index in [1.807, 2.05) is 18.6 Å². The lowest BCUT2D eigenvalue weighted by molar-refractivity contribution is -0.125. The Kier molecular flexibility index (Phi) is 3.99. The van der Waals surface area contributed by atoms with Crippen LogP contribution in [0.3, 0.4) is 0 Å². The summed E-state index contributed by atoms with van der Waals surface area (Å²) in [6.45, 7) is 1.38. The molecular formula is C16H18FN3O. The molecule has 2 heterocycles. The molecule has 0 aliphatic carbocycles. The summed E-state index contributed by atoms with van der Waals surface area (Å²) < 4.78 is 15.2. The van der Waals surface area contributed by atoms with Crippen LogP contribution in [-0.4, -0.2) is 22.0 Å². The number of fused-ring (bicyclic) bond motifs is 1. The highest BCUT2D eigenvalue weighted by atomic mass is 19.1. The molecule has 0 saturated heterocycles. The quantitative estimate of drug-likeness (QED) is 0.934. The number of aryl methyl sites for hydroxylation is 1. The van der Waals surface area contributed by atoms with Crippen LogP contribution in [0.15, 0.2) is 36.8 Å². The highest BCUT2D eigenvalue weighted by Gasteiger charge is 2.24. The zero-order valence-electron chi connectivity index (χ0n) is 11.8. The van der Waals surface area contributed by atoms with E-state index >= 15 is 0 Å². The van der Waals surface area contributed by atoms with Crippen LogP contribution in [-0.2, 0) is 24.2 Å². The Bertz CT molecular complexity index is 638. The standard InChI is InChI=1S/C16H18FN3O/c17-14-3-1-2-12(8-14)4-6-19-16(21)13-5-7-20-11-18-10-15(20)9-13/h1-3,8,10-11,13H,4-7,9H2,(H,19,21). The maximum atomic E-state index is 13.1. The largest absolute Gasteiger partial charge is 0.356 e. The molecule has 1 aromatic carbocycles. The minimum atomic E-state index is -0.237. The van der Waals surface area contributed by atoms with E-state index in [9.17, 15) is 9.18 Å². The van der Waals surface area contributed by atoms with Crippen molar-refractivity contribution in [2.75, 3.05) is 6.54 Å². The van der Waals surface area contributed by atoms with Crippen LogP contribution in [0.2, 0.25) is 0 Å². The smallest absolute Gasteiger partial charge is 0.223 e. The number of nitrogens with one attached hydrogen (secondary N) is 1. The molecule has 2 aromatic rings. The molecule has 1 unspecified atom stereocenters. The number of carbonyl (C=O) groups is 1. The minimum Gasteiger partial charge on any atom is -0.356 e. The fourth-order valence-corrected chi connectivity index (χ4v) is 2.76. The molecule has 1 aromatic heterocycles. The summed E-state index contributed by atoms with van der Waals surface area (Å²) in [4.78, 5) is 16.3. The number of carbonyl (C=O) groups excluding carboxylic acids is 1. The second kappa shape index (κ2) is 6.08. The Balaban J connectivity index is 1.49. The van der Waals surface area contributed by atoms with E-state index in [4.69, 9.17) is 0 Å². The van der Waals surface area contributed by atoms with Gasteiger partial charge in [0.05, 0.1) is 6.33 Å². The van der Waals surface area contributed by atoms with Crippen LogP contribution in [0.5, 0.6) is 0 Å². The van der Waals surface area contributed by atoms with Gasteiger partial charge in [-0.2, -0.15) is 0 Å². The predicted molar refractivity (Wildman–Crippen MR) is 77.2 cm³/mol. The summed E-state index contributed by atoms with van der Waals surface area (Å²) in [5.74, 6) is -0.139. The molecule has 1 N–H and O–H groups in total. The molecule has 0 bridgehead atoms. The Hall–Kier alpha value is -2.17. The van der Waals surface area contributed by atoms with Crippen molar-refractivity contribution >= 4 is 5.91 Å². The first kappa shape index (κ1) is 13.8. The number of imidazole rings is 1. The van der Waals surface area contributed by atoms with Gasteiger partial charge in [-0.1, -0.05) is 12.1 Å². The maximum Gasteiger partial charge on any atom is 0.223 e. The van der Waals surface area contributed by atoms with Gasteiger partial charge in [0.2, 0.25) is 5.91 Å². The van der Waals surface area contributed by atoms with Gasteiger partial charge < -0.3 is 9.88 Å². The molecule has 0 spiro atoms. The van der Waals surface area contributed by atoms with Gasteiger partial charge in [-0.05, 0) is 30.5 Å². The number of rotatable bonds is 4. The van der Waals surface area contributed by atoms with E-state index in [2.05, 4.69) is 14.9 Å². The van der Waals surface area contributed by atoms with Gasteiger partial charge in [0, 0.05) is 37.3 Å². The average molecular weight is 287 g/mol. The average Bonchev–Trinajstić information content (AvgIpc) is 2.94. The molecule has 3 rings (SSSR count). The Morgan fingerprint density at radius 1 is 1.48 bits per heavy atom. The van der Waals surface area contributed by atoms with Crippen LogP contribution in [0.25, 0.3) is 0 Å². The van der Waals surface area contributed by atoms with E-state index in [1.165, 1.54) is 12.1 Å². The lowest BCUT2D eigenvalue weighted by atomic mass is 9.95. The summed E-state index contributed by atoms with van der Waals surface area (Å²) in [7, 11) is 0. The van der Waals surface area contributed by atoms with Crippen LogP contribution >= 0.6 is 0 Å². The number of halogens is 1. The molecule has 1 atom stereocenters. The van der Waals surface area contributed by atoms with E-state index in [0.717, 1.165) is 30.6 Å². The van der Waals surface area contributed by atoms with Crippen molar-refractivity contribution in [2.45, 2.75) is 25.8 Å². The molecule has 1 amide bonds. The van der Waals surface area contributed by atoms with Gasteiger partial charge in [0.1, 0.15) is 5.82 Å². The lowest BCUT2D eigenvalue weighted by Crippen LogP contribution is -2.36. The molecule has 0 fully saturated rings. The topological polar surface area (TPSA) is 46.9 Å². The Labute approximate surface area is 123 Å². The third kappa shape index (κ3) is 3.29. The number of aromatic nitrogens is 2. The van der Waals surface area contributed by atoms with Gasteiger partial charge in [-0.15, -0.1) is 0 Å². The fraction of sp³-hybridized carbons (Fsp3) is 0.375. The summed E-state index contributed by atoms with van der Waals surface area (Å²) in [6, 6.07) is 6.49. The zero-order valence-corrected chi connectivity index (χ0v) is 11.8. The van der Waals surface area contributed by atoms with Crippen molar-refractivity contribution in [3.63, 3.8) is 0 Å². The molecule has 5 heteroatoms. The zero-order chi connectivity index (χ0) is 14.7. The highest BCUT2D eigenvalue weighted by molar-refractivity contribution is 5.79. The monoisotopic (exact) mass is 287 g/mol. The molecule has 110 valence electrons.